The molecule has 1 N–H and O–H groups in total. The van der Waals surface area contributed by atoms with Gasteiger partial charge >= 0.3 is 6.18 Å². The van der Waals surface area contributed by atoms with Crippen molar-refractivity contribution in [1.82, 2.24) is 0 Å². The summed E-state index contributed by atoms with van der Waals surface area (Å²) in [5.74, 6) is -0.355. The summed E-state index contributed by atoms with van der Waals surface area (Å²) in [4.78, 5) is 22.1. The van der Waals surface area contributed by atoms with E-state index in [0.29, 0.717) is 23.1 Å². The van der Waals surface area contributed by atoms with Crippen molar-refractivity contribution in [2.75, 3.05) is 5.32 Å². The Morgan fingerprint density at radius 2 is 1.86 bits per heavy atom. The number of rotatable bonds is 3. The Morgan fingerprint density at radius 3 is 2.45 bits per heavy atom. The molecule has 0 aliphatic carbocycles. The summed E-state index contributed by atoms with van der Waals surface area (Å²) < 4.78 is 38.4. The highest BCUT2D eigenvalue weighted by atomic mass is 19.4. The van der Waals surface area contributed by atoms with Gasteiger partial charge in [-0.2, -0.15) is 13.2 Å². The van der Waals surface area contributed by atoms with Crippen molar-refractivity contribution in [2.45, 2.75) is 13.1 Å². The molecule has 2 aromatic rings. The van der Waals surface area contributed by atoms with Crippen LogP contribution in [0.15, 0.2) is 42.5 Å². The van der Waals surface area contributed by atoms with Crippen molar-refractivity contribution in [3.8, 4) is 11.1 Å². The second-order valence-electron chi connectivity index (χ2n) is 4.68. The molecule has 0 aliphatic rings. The van der Waals surface area contributed by atoms with Gasteiger partial charge in [0, 0.05) is 23.7 Å². The van der Waals surface area contributed by atoms with Crippen LogP contribution in [-0.2, 0) is 11.0 Å². The van der Waals surface area contributed by atoms with Crippen LogP contribution in [0, 0.1) is 0 Å². The van der Waals surface area contributed by atoms with Crippen LogP contribution in [0.4, 0.5) is 18.9 Å². The highest BCUT2D eigenvalue weighted by Gasteiger charge is 2.30. The SMILES string of the molecule is CC(=O)Nc1ccc(C=O)cc1-c1cccc(C(F)(F)F)c1. The van der Waals surface area contributed by atoms with Crippen LogP contribution in [0.25, 0.3) is 11.1 Å². The zero-order valence-electron chi connectivity index (χ0n) is 11.6. The fourth-order valence-electron chi connectivity index (χ4n) is 2.04. The van der Waals surface area contributed by atoms with Crippen molar-refractivity contribution in [3.05, 3.63) is 53.6 Å². The number of benzene rings is 2. The average molecular weight is 307 g/mol. The number of hydrogen-bond acceptors (Lipinski definition) is 2. The lowest BCUT2D eigenvalue weighted by Gasteiger charge is -2.13. The van der Waals surface area contributed by atoms with Gasteiger partial charge in [-0.1, -0.05) is 12.1 Å². The highest BCUT2D eigenvalue weighted by Crippen LogP contribution is 2.34. The number of carbonyl (C=O) groups excluding carboxylic acids is 2. The molecule has 0 spiro atoms. The maximum atomic E-state index is 12.8. The highest BCUT2D eigenvalue weighted by molar-refractivity contribution is 5.95. The molecule has 6 heteroatoms. The molecule has 0 saturated carbocycles. The third-order valence-corrected chi connectivity index (χ3v) is 2.99. The van der Waals surface area contributed by atoms with E-state index in [1.165, 1.54) is 37.3 Å². The van der Waals surface area contributed by atoms with E-state index < -0.39 is 11.7 Å². The second kappa shape index (κ2) is 6.01. The molecular formula is C16H12F3NO2. The van der Waals surface area contributed by atoms with Gasteiger partial charge < -0.3 is 5.32 Å². The maximum Gasteiger partial charge on any atom is 0.416 e. The Balaban J connectivity index is 2.59. The quantitative estimate of drug-likeness (QED) is 0.866. The lowest BCUT2D eigenvalue weighted by Crippen LogP contribution is -2.08. The van der Waals surface area contributed by atoms with Crippen molar-refractivity contribution in [3.63, 3.8) is 0 Å². The van der Waals surface area contributed by atoms with Crippen molar-refractivity contribution >= 4 is 17.9 Å². The van der Waals surface area contributed by atoms with Gasteiger partial charge in [-0.15, -0.1) is 0 Å². The van der Waals surface area contributed by atoms with Crippen LogP contribution in [0.2, 0.25) is 0 Å². The Morgan fingerprint density at radius 1 is 1.14 bits per heavy atom. The Kier molecular flexibility index (Phi) is 4.30. The lowest BCUT2D eigenvalue weighted by molar-refractivity contribution is -0.137. The van der Waals surface area contributed by atoms with Gasteiger partial charge in [0.2, 0.25) is 5.91 Å². The Bertz CT molecular complexity index is 724. The molecule has 0 unspecified atom stereocenters. The molecule has 114 valence electrons. The molecule has 22 heavy (non-hydrogen) atoms. The Hall–Kier alpha value is -2.63. The molecule has 0 radical (unpaired) electrons. The number of nitrogens with one attached hydrogen (secondary N) is 1. The Labute approximate surface area is 124 Å². The predicted molar refractivity (Wildman–Crippen MR) is 76.6 cm³/mol. The minimum atomic E-state index is -4.47. The summed E-state index contributed by atoms with van der Waals surface area (Å²) in [6.07, 6.45) is -3.87. The first-order valence-corrected chi connectivity index (χ1v) is 6.35. The maximum absolute atomic E-state index is 12.8. The van der Waals surface area contributed by atoms with Crippen LogP contribution in [0.3, 0.4) is 0 Å². The minimum Gasteiger partial charge on any atom is -0.326 e. The first kappa shape index (κ1) is 15.8. The smallest absolute Gasteiger partial charge is 0.326 e. The van der Waals surface area contributed by atoms with Gasteiger partial charge in [0.1, 0.15) is 6.29 Å². The van der Waals surface area contributed by atoms with Crippen molar-refractivity contribution in [1.29, 1.82) is 0 Å². The van der Waals surface area contributed by atoms with E-state index in [-0.39, 0.29) is 11.5 Å². The summed E-state index contributed by atoms with van der Waals surface area (Å²) in [6, 6.07) is 9.12. The molecule has 0 aliphatic heterocycles. The van der Waals surface area contributed by atoms with E-state index in [4.69, 9.17) is 0 Å². The van der Waals surface area contributed by atoms with Crippen molar-refractivity contribution < 1.29 is 22.8 Å². The number of carbonyl (C=O) groups is 2. The van der Waals surface area contributed by atoms with Gasteiger partial charge in [-0.05, 0) is 35.9 Å². The lowest BCUT2D eigenvalue weighted by atomic mass is 9.99. The van der Waals surface area contributed by atoms with Crippen LogP contribution >= 0.6 is 0 Å². The topological polar surface area (TPSA) is 46.2 Å². The zero-order chi connectivity index (χ0) is 16.3. The molecule has 0 bridgehead atoms. The van der Waals surface area contributed by atoms with E-state index in [2.05, 4.69) is 5.32 Å². The standard InChI is InChI=1S/C16H12F3NO2/c1-10(22)20-15-6-5-11(9-21)7-14(15)12-3-2-4-13(8-12)16(17,18)19/h2-9H,1H3,(H,20,22). The van der Waals surface area contributed by atoms with Crippen LogP contribution in [0.1, 0.15) is 22.8 Å². The van der Waals surface area contributed by atoms with Crippen LogP contribution in [-0.4, -0.2) is 12.2 Å². The molecule has 0 atom stereocenters. The molecule has 0 aromatic heterocycles. The third kappa shape index (κ3) is 3.52. The van der Waals surface area contributed by atoms with Crippen LogP contribution in [0.5, 0.6) is 0 Å². The van der Waals surface area contributed by atoms with Gasteiger partial charge in [-0.25, -0.2) is 0 Å². The predicted octanol–water partition coefficient (Wildman–Crippen LogP) is 4.14. The fourth-order valence-corrected chi connectivity index (χ4v) is 2.04. The summed E-state index contributed by atoms with van der Waals surface area (Å²) in [5.41, 5.74) is 0.474. The molecule has 0 saturated heterocycles. The average Bonchev–Trinajstić information content (AvgIpc) is 2.46. The molecule has 3 nitrogen and oxygen atoms in total. The molecular weight excluding hydrogens is 295 g/mol. The number of anilines is 1. The van der Waals surface area contributed by atoms with Gasteiger partial charge in [0.05, 0.1) is 5.56 Å². The van der Waals surface area contributed by atoms with E-state index in [1.807, 2.05) is 0 Å². The number of amides is 1. The number of halogens is 3. The monoisotopic (exact) mass is 307 g/mol. The van der Waals surface area contributed by atoms with Crippen LogP contribution < -0.4 is 5.32 Å². The van der Waals surface area contributed by atoms with E-state index in [9.17, 15) is 22.8 Å². The third-order valence-electron chi connectivity index (χ3n) is 2.99. The minimum absolute atomic E-state index is 0.266. The summed E-state index contributed by atoms with van der Waals surface area (Å²) >= 11 is 0. The van der Waals surface area contributed by atoms with Crippen molar-refractivity contribution in [2.24, 2.45) is 0 Å². The van der Waals surface area contributed by atoms with E-state index in [0.717, 1.165) is 12.1 Å². The van der Waals surface area contributed by atoms with E-state index in [1.54, 1.807) is 0 Å². The van der Waals surface area contributed by atoms with Gasteiger partial charge in [0.25, 0.3) is 0 Å². The normalized spacial score (nSPS) is 11.1. The summed E-state index contributed by atoms with van der Waals surface area (Å²) in [5, 5.41) is 2.55. The number of alkyl halides is 3. The summed E-state index contributed by atoms with van der Waals surface area (Å²) in [6.45, 7) is 1.30. The van der Waals surface area contributed by atoms with E-state index >= 15 is 0 Å². The first-order valence-electron chi connectivity index (χ1n) is 6.35. The second-order valence-corrected chi connectivity index (χ2v) is 4.68. The first-order chi connectivity index (χ1) is 10.3. The largest absolute Gasteiger partial charge is 0.416 e. The number of aldehydes is 1. The fraction of sp³-hybridized carbons (Fsp3) is 0.125. The van der Waals surface area contributed by atoms with Gasteiger partial charge in [0.15, 0.2) is 0 Å². The molecule has 0 fully saturated rings. The molecule has 1 amide bonds. The number of hydrogen-bond donors (Lipinski definition) is 1. The summed E-state index contributed by atoms with van der Waals surface area (Å²) in [7, 11) is 0. The molecule has 0 heterocycles. The molecule has 2 rings (SSSR count). The zero-order valence-corrected chi connectivity index (χ0v) is 11.6. The molecule has 2 aromatic carbocycles. The van der Waals surface area contributed by atoms with Gasteiger partial charge in [-0.3, -0.25) is 9.59 Å².